The normalized spacial score (nSPS) is 22.3. The van der Waals surface area contributed by atoms with E-state index in [-0.39, 0.29) is 18.8 Å². The molecule has 2 atom stereocenters. The molecule has 0 radical (unpaired) electrons. The molecule has 1 saturated heterocycles. The highest BCUT2D eigenvalue weighted by Crippen LogP contribution is 2.24. The quantitative estimate of drug-likeness (QED) is 0.914. The number of ether oxygens (including phenoxy) is 1. The minimum Gasteiger partial charge on any atom is -0.395 e. The van der Waals surface area contributed by atoms with Crippen LogP contribution in [0.2, 0.25) is 0 Å². The van der Waals surface area contributed by atoms with Gasteiger partial charge in [-0.2, -0.15) is 0 Å². The number of likely N-dealkylation sites (tertiary alicyclic amines) is 1. The Bertz CT molecular complexity index is 612. The molecule has 1 aromatic heterocycles. The third-order valence-electron chi connectivity index (χ3n) is 4.54. The van der Waals surface area contributed by atoms with Crippen molar-refractivity contribution < 1.29 is 9.84 Å². The zero-order chi connectivity index (χ0) is 15.5. The summed E-state index contributed by atoms with van der Waals surface area (Å²) in [6, 6.07) is 6.65. The van der Waals surface area contributed by atoms with E-state index in [1.807, 2.05) is 10.8 Å². The van der Waals surface area contributed by atoms with Crippen molar-refractivity contribution in [3.05, 3.63) is 48.0 Å². The Morgan fingerprint density at radius 2 is 2.27 bits per heavy atom. The van der Waals surface area contributed by atoms with Crippen molar-refractivity contribution in [1.82, 2.24) is 14.5 Å². The number of aliphatic hydroxyl groups is 1. The molecule has 5 nitrogen and oxygen atoms in total. The van der Waals surface area contributed by atoms with E-state index in [9.17, 15) is 5.11 Å². The first kappa shape index (κ1) is 15.2. The Kier molecular flexibility index (Phi) is 4.57. The number of benzene rings is 1. The molecule has 2 heterocycles. The van der Waals surface area contributed by atoms with Crippen LogP contribution in [0.3, 0.4) is 0 Å². The van der Waals surface area contributed by atoms with Crippen LogP contribution in [0.5, 0.6) is 0 Å². The highest BCUT2D eigenvalue weighted by molar-refractivity contribution is 5.40. The molecule has 0 bridgehead atoms. The van der Waals surface area contributed by atoms with Gasteiger partial charge in [0.1, 0.15) is 0 Å². The fourth-order valence-electron chi connectivity index (χ4n) is 3.14. The van der Waals surface area contributed by atoms with Gasteiger partial charge in [0.05, 0.1) is 19.0 Å². The van der Waals surface area contributed by atoms with Gasteiger partial charge in [-0.25, -0.2) is 4.98 Å². The van der Waals surface area contributed by atoms with Crippen LogP contribution in [-0.2, 0) is 11.3 Å². The molecule has 118 valence electrons. The second-order valence-corrected chi connectivity index (χ2v) is 5.94. The Morgan fingerprint density at radius 3 is 2.91 bits per heavy atom. The molecule has 0 spiro atoms. The van der Waals surface area contributed by atoms with Crippen molar-refractivity contribution in [3.8, 4) is 5.69 Å². The van der Waals surface area contributed by atoms with Gasteiger partial charge >= 0.3 is 0 Å². The highest BCUT2D eigenvalue weighted by atomic mass is 16.5. The zero-order valence-electron chi connectivity index (χ0n) is 13.1. The number of aryl methyl sites for hydroxylation is 1. The lowest BCUT2D eigenvalue weighted by Crippen LogP contribution is -2.32. The Morgan fingerprint density at radius 1 is 1.41 bits per heavy atom. The van der Waals surface area contributed by atoms with Crippen LogP contribution < -0.4 is 0 Å². The molecule has 0 amide bonds. The SMILES string of the molecule is CO[C@H]1C[C@@H](CO)N(Cc2ccc(-n3ccnc3)cc2C)C1. The second kappa shape index (κ2) is 6.60. The van der Waals surface area contributed by atoms with E-state index in [1.165, 1.54) is 11.1 Å². The van der Waals surface area contributed by atoms with Crippen molar-refractivity contribution >= 4 is 0 Å². The molecule has 22 heavy (non-hydrogen) atoms. The van der Waals surface area contributed by atoms with E-state index in [4.69, 9.17) is 4.74 Å². The predicted octanol–water partition coefficient (Wildman–Crippen LogP) is 1.76. The lowest BCUT2D eigenvalue weighted by atomic mass is 10.1. The third kappa shape index (κ3) is 3.06. The molecule has 2 aromatic rings. The second-order valence-electron chi connectivity index (χ2n) is 5.94. The van der Waals surface area contributed by atoms with Crippen LogP contribution in [0, 0.1) is 6.92 Å². The number of hydrogen-bond acceptors (Lipinski definition) is 4. The van der Waals surface area contributed by atoms with Crippen LogP contribution in [0.15, 0.2) is 36.9 Å². The summed E-state index contributed by atoms with van der Waals surface area (Å²) < 4.78 is 7.45. The fourth-order valence-corrected chi connectivity index (χ4v) is 3.14. The Labute approximate surface area is 131 Å². The van der Waals surface area contributed by atoms with Gasteiger partial charge in [-0.15, -0.1) is 0 Å². The molecule has 0 unspecified atom stereocenters. The third-order valence-corrected chi connectivity index (χ3v) is 4.54. The molecule has 1 aliphatic rings. The van der Waals surface area contributed by atoms with Crippen LogP contribution in [-0.4, -0.2) is 52.0 Å². The van der Waals surface area contributed by atoms with E-state index >= 15 is 0 Å². The predicted molar refractivity (Wildman–Crippen MR) is 85.0 cm³/mol. The Hall–Kier alpha value is -1.69. The molecule has 0 aliphatic carbocycles. The van der Waals surface area contributed by atoms with Crippen molar-refractivity contribution in [2.75, 3.05) is 20.3 Å². The highest BCUT2D eigenvalue weighted by Gasteiger charge is 2.31. The van der Waals surface area contributed by atoms with E-state index in [0.717, 1.165) is 25.2 Å². The topological polar surface area (TPSA) is 50.5 Å². The molecule has 1 aliphatic heterocycles. The molecule has 1 aromatic carbocycles. The van der Waals surface area contributed by atoms with Gasteiger partial charge in [0, 0.05) is 44.3 Å². The smallest absolute Gasteiger partial charge is 0.0991 e. The average molecular weight is 301 g/mol. The minimum absolute atomic E-state index is 0.187. The molecular weight excluding hydrogens is 278 g/mol. The lowest BCUT2D eigenvalue weighted by Gasteiger charge is -2.23. The zero-order valence-corrected chi connectivity index (χ0v) is 13.1. The molecule has 3 rings (SSSR count). The van der Waals surface area contributed by atoms with Crippen LogP contribution in [0.25, 0.3) is 5.69 Å². The minimum atomic E-state index is 0.187. The van der Waals surface area contributed by atoms with Gasteiger partial charge in [0.15, 0.2) is 0 Å². The van der Waals surface area contributed by atoms with Gasteiger partial charge in [0.25, 0.3) is 0 Å². The number of methoxy groups -OCH3 is 1. The maximum atomic E-state index is 9.56. The van der Waals surface area contributed by atoms with Gasteiger partial charge in [-0.3, -0.25) is 4.90 Å². The summed E-state index contributed by atoms with van der Waals surface area (Å²) in [4.78, 5) is 6.40. The van der Waals surface area contributed by atoms with Gasteiger partial charge in [-0.1, -0.05) is 6.07 Å². The molecule has 1 N–H and O–H groups in total. The largest absolute Gasteiger partial charge is 0.395 e. The lowest BCUT2D eigenvalue weighted by molar-refractivity contribution is 0.107. The molecule has 1 fully saturated rings. The van der Waals surface area contributed by atoms with E-state index in [1.54, 1.807) is 19.6 Å². The summed E-state index contributed by atoms with van der Waals surface area (Å²) in [6.45, 7) is 4.05. The van der Waals surface area contributed by atoms with Crippen molar-refractivity contribution in [2.24, 2.45) is 0 Å². The van der Waals surface area contributed by atoms with Crippen LogP contribution in [0.4, 0.5) is 0 Å². The summed E-state index contributed by atoms with van der Waals surface area (Å²) in [7, 11) is 1.74. The maximum absolute atomic E-state index is 9.56. The summed E-state index contributed by atoms with van der Waals surface area (Å²) in [5.74, 6) is 0. The number of rotatable bonds is 5. The summed E-state index contributed by atoms with van der Waals surface area (Å²) in [6.07, 6.45) is 6.66. The van der Waals surface area contributed by atoms with Gasteiger partial charge < -0.3 is 14.4 Å². The van der Waals surface area contributed by atoms with Crippen LogP contribution >= 0.6 is 0 Å². The number of nitrogens with zero attached hydrogens (tertiary/aromatic N) is 3. The number of hydrogen-bond donors (Lipinski definition) is 1. The first-order chi connectivity index (χ1) is 10.7. The van der Waals surface area contributed by atoms with Gasteiger partial charge in [-0.05, 0) is 36.6 Å². The average Bonchev–Trinajstić information content (AvgIpc) is 3.18. The fraction of sp³-hybridized carbons (Fsp3) is 0.471. The molecule has 5 heteroatoms. The van der Waals surface area contributed by atoms with E-state index in [0.29, 0.717) is 0 Å². The standard InChI is InChI=1S/C17H23N3O2/c1-13-7-15(19-6-5-18-12-19)4-3-14(13)9-20-10-17(22-2)8-16(20)11-21/h3-7,12,16-17,21H,8-11H2,1-2H3/t16-,17-/m0/s1. The Balaban J connectivity index is 1.75. The summed E-state index contributed by atoms with van der Waals surface area (Å²) in [5, 5.41) is 9.56. The van der Waals surface area contributed by atoms with Crippen molar-refractivity contribution in [2.45, 2.75) is 32.0 Å². The first-order valence-corrected chi connectivity index (χ1v) is 7.67. The maximum Gasteiger partial charge on any atom is 0.0991 e. The molecule has 0 saturated carbocycles. The van der Waals surface area contributed by atoms with Gasteiger partial charge in [0.2, 0.25) is 0 Å². The first-order valence-electron chi connectivity index (χ1n) is 7.67. The molecular formula is C17H23N3O2. The van der Waals surface area contributed by atoms with Crippen molar-refractivity contribution in [1.29, 1.82) is 0 Å². The van der Waals surface area contributed by atoms with Crippen molar-refractivity contribution in [3.63, 3.8) is 0 Å². The van der Waals surface area contributed by atoms with E-state index in [2.05, 4.69) is 35.0 Å². The van der Waals surface area contributed by atoms with E-state index < -0.39 is 0 Å². The monoisotopic (exact) mass is 301 g/mol. The number of aromatic nitrogens is 2. The number of imidazole rings is 1. The van der Waals surface area contributed by atoms with Crippen LogP contribution in [0.1, 0.15) is 17.5 Å². The summed E-state index contributed by atoms with van der Waals surface area (Å²) in [5.41, 5.74) is 3.66. The summed E-state index contributed by atoms with van der Waals surface area (Å²) >= 11 is 0. The number of aliphatic hydroxyl groups excluding tert-OH is 1.